The monoisotopic (exact) mass is 280 g/mol. The summed E-state index contributed by atoms with van der Waals surface area (Å²) in [6.45, 7) is 5.71. The van der Waals surface area contributed by atoms with E-state index in [0.29, 0.717) is 3.49 Å². The average molecular weight is 281 g/mol. The van der Waals surface area contributed by atoms with Crippen molar-refractivity contribution in [3.8, 4) is 0 Å². The third-order valence-corrected chi connectivity index (χ3v) is 2.52. The molecule has 0 atom stereocenters. The molecule has 0 aromatic carbocycles. The maximum atomic E-state index is 10.1. The van der Waals surface area contributed by atoms with E-state index < -0.39 is 35.2 Å². The summed E-state index contributed by atoms with van der Waals surface area (Å²) in [7, 11) is 0. The molecule has 0 amide bonds. The average Bonchev–Trinajstić information content (AvgIpc) is 1.82. The minimum absolute atomic E-state index is 0.459. The molecular formula is C8H14O5Zr. The molecule has 0 fully saturated rings. The van der Waals surface area contributed by atoms with E-state index in [1.165, 1.54) is 0 Å². The first-order valence-electron chi connectivity index (χ1n) is 3.83. The van der Waals surface area contributed by atoms with E-state index in [-0.39, 0.29) is 0 Å². The first kappa shape index (κ1) is 19.1. The Balaban J connectivity index is -0.000000135. The number of rotatable bonds is 2. The Hall–Kier alpha value is -0.507. The van der Waals surface area contributed by atoms with Crippen LogP contribution in [0, 0.1) is 0 Å². The van der Waals surface area contributed by atoms with Crippen molar-refractivity contribution in [1.29, 1.82) is 0 Å². The van der Waals surface area contributed by atoms with Crippen LogP contribution in [0.25, 0.3) is 0 Å². The van der Waals surface area contributed by atoms with Crippen LogP contribution in [0.4, 0.5) is 0 Å². The van der Waals surface area contributed by atoms with Crippen LogP contribution in [0.1, 0.15) is 27.7 Å². The van der Waals surface area contributed by atoms with Gasteiger partial charge in [0.2, 0.25) is 0 Å². The van der Waals surface area contributed by atoms with Gasteiger partial charge in [-0.2, -0.15) is 0 Å². The van der Waals surface area contributed by atoms with Gasteiger partial charge in [-0.1, -0.05) is 0 Å². The third-order valence-electron chi connectivity index (χ3n) is 0.426. The van der Waals surface area contributed by atoms with Crippen molar-refractivity contribution in [3.63, 3.8) is 0 Å². The van der Waals surface area contributed by atoms with E-state index in [4.69, 9.17) is 19.8 Å². The van der Waals surface area contributed by atoms with Gasteiger partial charge in [0.25, 0.3) is 0 Å². The predicted octanol–water partition coefficient (Wildman–Crippen LogP) is -1.43. The van der Waals surface area contributed by atoms with Gasteiger partial charge >= 0.3 is 49.5 Å². The van der Waals surface area contributed by atoms with Crippen LogP contribution in [0.15, 0.2) is 0 Å². The van der Waals surface area contributed by atoms with Crippen molar-refractivity contribution >= 4 is 15.4 Å². The molecule has 0 aliphatic carbocycles. The van der Waals surface area contributed by atoms with Gasteiger partial charge in [0.05, 0.1) is 0 Å². The van der Waals surface area contributed by atoms with E-state index in [0.717, 1.165) is 18.0 Å². The van der Waals surface area contributed by atoms with Crippen molar-refractivity contribution in [1.82, 2.24) is 0 Å². The molecule has 80 valence electrons. The molecule has 0 aromatic heterocycles. The number of hydrogen-bond acceptors (Lipinski definition) is 5. The summed E-state index contributed by atoms with van der Waals surface area (Å²) >= 11 is -0.511. The van der Waals surface area contributed by atoms with Gasteiger partial charge in [-0.05, 0) is 13.8 Å². The fraction of sp³-hybridized carbons (Fsp3) is 0.625. The Morgan fingerprint density at radius 2 is 1.21 bits per heavy atom. The fourth-order valence-corrected chi connectivity index (χ4v) is 1.47. The number of carbonyl (C=O) groups excluding carboxylic acids is 3. The maximum absolute atomic E-state index is 10.1. The van der Waals surface area contributed by atoms with Crippen LogP contribution in [0.3, 0.4) is 0 Å². The molecule has 0 bridgehead atoms. The molecule has 0 aliphatic rings. The standard InChI is InChI=1S/2C2H4O2.C2H3O.C2H5.Zr/c2*1-2(3)4;1-2-3;1-2;/h2*1H3,(H,3,4);1H3;1H2,2H3;/q;;;;+2/p-2. The molecule has 0 aliphatic heterocycles. The number of carboxylic acid groups (broad SMARTS) is 2. The summed E-state index contributed by atoms with van der Waals surface area (Å²) in [6, 6.07) is 0. The fourth-order valence-electron chi connectivity index (χ4n) is 0.249. The second-order valence-corrected chi connectivity index (χ2v) is 6.41. The van der Waals surface area contributed by atoms with Crippen LogP contribution in [-0.4, -0.2) is 15.4 Å². The van der Waals surface area contributed by atoms with Gasteiger partial charge < -0.3 is 19.8 Å². The molecule has 0 N–H and O–H groups in total. The van der Waals surface area contributed by atoms with Crippen molar-refractivity contribution < 1.29 is 47.8 Å². The second-order valence-electron chi connectivity index (χ2n) is 2.07. The molecule has 0 spiro atoms. The van der Waals surface area contributed by atoms with Crippen molar-refractivity contribution in [2.24, 2.45) is 0 Å². The zero-order valence-electron chi connectivity index (χ0n) is 8.75. The molecule has 5 nitrogen and oxygen atoms in total. The molecule has 0 aromatic rings. The first-order valence-corrected chi connectivity index (χ1v) is 6.80. The van der Waals surface area contributed by atoms with Crippen LogP contribution in [-0.2, 0) is 37.6 Å². The van der Waals surface area contributed by atoms with Crippen molar-refractivity contribution in [3.05, 3.63) is 0 Å². The SMILES string of the molecule is CC(=O)[O-].CC(=O)[O-].C[CH2][Zr+2][C](C)=O. The summed E-state index contributed by atoms with van der Waals surface area (Å²) < 4.78 is 1.61. The molecule has 0 unspecified atom stereocenters. The summed E-state index contributed by atoms with van der Waals surface area (Å²) in [6.07, 6.45) is 0. The molecule has 0 rings (SSSR count). The minimum atomic E-state index is -1.08. The van der Waals surface area contributed by atoms with Crippen molar-refractivity contribution in [2.45, 2.75) is 31.8 Å². The van der Waals surface area contributed by atoms with Crippen LogP contribution in [0.5, 0.6) is 0 Å². The van der Waals surface area contributed by atoms with Crippen molar-refractivity contribution in [2.75, 3.05) is 0 Å². The zero-order valence-corrected chi connectivity index (χ0v) is 11.2. The number of carboxylic acids is 2. The molecule has 6 heteroatoms. The van der Waals surface area contributed by atoms with E-state index in [2.05, 4.69) is 6.92 Å². The van der Waals surface area contributed by atoms with Crippen LogP contribution in [0.2, 0.25) is 4.13 Å². The zero-order chi connectivity index (χ0) is 12.1. The summed E-state index contributed by atoms with van der Waals surface area (Å²) in [5.41, 5.74) is 0. The Labute approximate surface area is 95.1 Å². The van der Waals surface area contributed by atoms with E-state index in [1.54, 1.807) is 6.92 Å². The Kier molecular flexibility index (Phi) is 20.5. The summed E-state index contributed by atoms with van der Waals surface area (Å²) in [5, 5.41) is 17.8. The summed E-state index contributed by atoms with van der Waals surface area (Å²) in [4.78, 5) is 27.9. The number of hydrogen-bond donors (Lipinski definition) is 0. The van der Waals surface area contributed by atoms with Crippen LogP contribution >= 0.6 is 0 Å². The summed E-state index contributed by atoms with van der Waals surface area (Å²) in [5.74, 6) is -2.17. The number of aliphatic carboxylic acids is 2. The molecule has 0 radical (unpaired) electrons. The Morgan fingerprint density at radius 1 is 1.00 bits per heavy atom. The van der Waals surface area contributed by atoms with E-state index in [1.807, 2.05) is 0 Å². The number of carbonyl (C=O) groups is 3. The molecular weight excluding hydrogens is 267 g/mol. The second kappa shape index (κ2) is 15.0. The van der Waals surface area contributed by atoms with Gasteiger partial charge in [0.1, 0.15) is 0 Å². The quantitative estimate of drug-likeness (QED) is 0.618. The predicted molar refractivity (Wildman–Crippen MR) is 42.5 cm³/mol. The Morgan fingerprint density at radius 3 is 1.21 bits per heavy atom. The first-order chi connectivity index (χ1) is 6.23. The van der Waals surface area contributed by atoms with Gasteiger partial charge in [0.15, 0.2) is 0 Å². The normalized spacial score (nSPS) is 6.57. The molecule has 14 heavy (non-hydrogen) atoms. The third kappa shape index (κ3) is 204. The van der Waals surface area contributed by atoms with Gasteiger partial charge in [-0.15, -0.1) is 0 Å². The van der Waals surface area contributed by atoms with E-state index in [9.17, 15) is 4.79 Å². The molecule has 0 saturated heterocycles. The van der Waals surface area contributed by atoms with Crippen LogP contribution < -0.4 is 10.2 Å². The van der Waals surface area contributed by atoms with E-state index >= 15 is 0 Å². The topological polar surface area (TPSA) is 97.3 Å². The van der Waals surface area contributed by atoms with Gasteiger partial charge in [-0.3, -0.25) is 0 Å². The van der Waals surface area contributed by atoms with Gasteiger partial charge in [0, 0.05) is 11.9 Å². The Bertz CT molecular complexity index is 159. The molecule has 0 saturated carbocycles. The van der Waals surface area contributed by atoms with Gasteiger partial charge in [-0.25, -0.2) is 0 Å². The molecule has 0 heterocycles.